The standard InChI is InChI=1S/C14H19FN2O2/c15-12-9-11(14-10-16-3-6-19-14)1-2-13(12)17-4-7-18-8-5-17/h1-2,9,14,16H,3-8,10H2. The van der Waals surface area contributed by atoms with Gasteiger partial charge in [0.05, 0.1) is 31.6 Å². The van der Waals surface area contributed by atoms with E-state index < -0.39 is 0 Å². The van der Waals surface area contributed by atoms with Crippen molar-refractivity contribution >= 4 is 5.69 Å². The van der Waals surface area contributed by atoms with E-state index in [1.54, 1.807) is 6.07 Å². The van der Waals surface area contributed by atoms with E-state index in [2.05, 4.69) is 5.32 Å². The third-order valence-corrected chi connectivity index (χ3v) is 3.62. The fourth-order valence-corrected chi connectivity index (χ4v) is 2.56. The largest absolute Gasteiger partial charge is 0.378 e. The zero-order chi connectivity index (χ0) is 13.1. The topological polar surface area (TPSA) is 33.7 Å². The molecular formula is C14H19FN2O2. The summed E-state index contributed by atoms with van der Waals surface area (Å²) in [4.78, 5) is 2.03. The molecule has 0 aromatic heterocycles. The fraction of sp³-hybridized carbons (Fsp3) is 0.571. The van der Waals surface area contributed by atoms with E-state index in [1.165, 1.54) is 0 Å². The lowest BCUT2D eigenvalue weighted by Crippen LogP contribution is -2.37. The van der Waals surface area contributed by atoms with E-state index in [9.17, 15) is 4.39 Å². The lowest BCUT2D eigenvalue weighted by Gasteiger charge is -2.30. The Balaban J connectivity index is 1.76. The molecule has 1 aromatic rings. The van der Waals surface area contributed by atoms with Gasteiger partial charge < -0.3 is 19.7 Å². The van der Waals surface area contributed by atoms with Gasteiger partial charge in [0.15, 0.2) is 0 Å². The zero-order valence-corrected chi connectivity index (χ0v) is 10.9. The Bertz CT molecular complexity index is 429. The van der Waals surface area contributed by atoms with Gasteiger partial charge in [-0.05, 0) is 17.7 Å². The molecule has 0 spiro atoms. The highest BCUT2D eigenvalue weighted by Crippen LogP contribution is 2.26. The molecule has 2 saturated heterocycles. The van der Waals surface area contributed by atoms with Gasteiger partial charge in [-0.3, -0.25) is 0 Å². The highest BCUT2D eigenvalue weighted by Gasteiger charge is 2.19. The van der Waals surface area contributed by atoms with Gasteiger partial charge in [0, 0.05) is 26.2 Å². The van der Waals surface area contributed by atoms with Gasteiger partial charge in [-0.1, -0.05) is 6.07 Å². The van der Waals surface area contributed by atoms with Crippen molar-refractivity contribution in [2.45, 2.75) is 6.10 Å². The van der Waals surface area contributed by atoms with Crippen molar-refractivity contribution in [2.75, 3.05) is 50.9 Å². The Morgan fingerprint density at radius 3 is 2.74 bits per heavy atom. The molecule has 0 bridgehead atoms. The van der Waals surface area contributed by atoms with Crippen LogP contribution >= 0.6 is 0 Å². The molecule has 1 aromatic carbocycles. The molecular weight excluding hydrogens is 247 g/mol. The second kappa shape index (κ2) is 5.86. The van der Waals surface area contributed by atoms with Crippen LogP contribution in [0.3, 0.4) is 0 Å². The Morgan fingerprint density at radius 2 is 2.05 bits per heavy atom. The molecule has 0 radical (unpaired) electrons. The first-order valence-electron chi connectivity index (χ1n) is 6.79. The predicted molar refractivity (Wildman–Crippen MR) is 71.0 cm³/mol. The molecule has 0 amide bonds. The van der Waals surface area contributed by atoms with Crippen LogP contribution in [0.4, 0.5) is 10.1 Å². The summed E-state index contributed by atoms with van der Waals surface area (Å²) in [5.74, 6) is -0.173. The second-order valence-corrected chi connectivity index (χ2v) is 4.87. The zero-order valence-electron chi connectivity index (χ0n) is 10.9. The van der Waals surface area contributed by atoms with Gasteiger partial charge in [-0.15, -0.1) is 0 Å². The minimum absolute atomic E-state index is 0.0398. The van der Waals surface area contributed by atoms with Crippen LogP contribution in [-0.4, -0.2) is 46.0 Å². The summed E-state index contributed by atoms with van der Waals surface area (Å²) in [5, 5.41) is 3.26. The molecule has 2 aliphatic heterocycles. The normalized spacial score (nSPS) is 24.5. The average Bonchev–Trinajstić information content (AvgIpc) is 2.49. The number of rotatable bonds is 2. The smallest absolute Gasteiger partial charge is 0.146 e. The molecule has 3 rings (SSSR count). The second-order valence-electron chi connectivity index (χ2n) is 4.87. The van der Waals surface area contributed by atoms with E-state index in [0.717, 1.165) is 31.7 Å². The minimum atomic E-state index is -0.173. The van der Waals surface area contributed by atoms with Crippen molar-refractivity contribution in [3.8, 4) is 0 Å². The van der Waals surface area contributed by atoms with E-state index in [0.29, 0.717) is 25.5 Å². The van der Waals surface area contributed by atoms with Gasteiger partial charge in [0.25, 0.3) is 0 Å². The van der Waals surface area contributed by atoms with Crippen LogP contribution in [0, 0.1) is 5.82 Å². The predicted octanol–water partition coefficient (Wildman–Crippen LogP) is 1.32. The number of hydrogen-bond acceptors (Lipinski definition) is 4. The monoisotopic (exact) mass is 266 g/mol. The maximum atomic E-state index is 14.2. The lowest BCUT2D eigenvalue weighted by molar-refractivity contribution is 0.0275. The summed E-state index contributed by atoms with van der Waals surface area (Å²) in [6.45, 7) is 5.11. The summed E-state index contributed by atoms with van der Waals surface area (Å²) in [6, 6.07) is 5.42. The van der Waals surface area contributed by atoms with Crippen LogP contribution in [0.2, 0.25) is 0 Å². The highest BCUT2D eigenvalue weighted by molar-refractivity contribution is 5.49. The number of halogens is 1. The van der Waals surface area contributed by atoms with Crippen molar-refractivity contribution in [3.05, 3.63) is 29.6 Å². The first-order chi connectivity index (χ1) is 9.34. The van der Waals surface area contributed by atoms with E-state index in [4.69, 9.17) is 9.47 Å². The molecule has 2 heterocycles. The van der Waals surface area contributed by atoms with Crippen molar-refractivity contribution in [1.29, 1.82) is 0 Å². The van der Waals surface area contributed by atoms with Crippen molar-refractivity contribution in [1.82, 2.24) is 5.32 Å². The molecule has 1 unspecified atom stereocenters. The summed E-state index contributed by atoms with van der Waals surface area (Å²) >= 11 is 0. The summed E-state index contributed by atoms with van der Waals surface area (Å²) < 4.78 is 25.2. The molecule has 104 valence electrons. The Morgan fingerprint density at radius 1 is 1.21 bits per heavy atom. The van der Waals surface area contributed by atoms with Crippen LogP contribution in [0.5, 0.6) is 0 Å². The summed E-state index contributed by atoms with van der Waals surface area (Å²) in [6.07, 6.45) is -0.0398. The molecule has 0 saturated carbocycles. The molecule has 4 nitrogen and oxygen atoms in total. The first-order valence-corrected chi connectivity index (χ1v) is 6.79. The van der Waals surface area contributed by atoms with Gasteiger partial charge in [-0.25, -0.2) is 4.39 Å². The molecule has 1 N–H and O–H groups in total. The van der Waals surface area contributed by atoms with Gasteiger partial charge in [0.2, 0.25) is 0 Å². The minimum Gasteiger partial charge on any atom is -0.378 e. The van der Waals surface area contributed by atoms with Crippen LogP contribution in [-0.2, 0) is 9.47 Å². The molecule has 1 atom stereocenters. The van der Waals surface area contributed by atoms with Gasteiger partial charge >= 0.3 is 0 Å². The third kappa shape index (κ3) is 2.88. The lowest BCUT2D eigenvalue weighted by atomic mass is 10.1. The molecule has 19 heavy (non-hydrogen) atoms. The Hall–Kier alpha value is -1.17. The van der Waals surface area contributed by atoms with Crippen LogP contribution in [0.25, 0.3) is 0 Å². The number of hydrogen-bond donors (Lipinski definition) is 1. The van der Waals surface area contributed by atoms with E-state index in [-0.39, 0.29) is 11.9 Å². The molecule has 2 aliphatic rings. The number of morpholine rings is 2. The number of nitrogens with zero attached hydrogens (tertiary/aromatic N) is 1. The first kappa shape index (κ1) is 12.8. The maximum absolute atomic E-state index is 14.2. The van der Waals surface area contributed by atoms with E-state index >= 15 is 0 Å². The van der Waals surface area contributed by atoms with Crippen LogP contribution < -0.4 is 10.2 Å². The number of benzene rings is 1. The van der Waals surface area contributed by atoms with Gasteiger partial charge in [-0.2, -0.15) is 0 Å². The van der Waals surface area contributed by atoms with Crippen molar-refractivity contribution in [3.63, 3.8) is 0 Å². The van der Waals surface area contributed by atoms with Crippen LogP contribution in [0.1, 0.15) is 11.7 Å². The number of ether oxygens (including phenoxy) is 2. The Kier molecular flexibility index (Phi) is 3.96. The SMILES string of the molecule is Fc1cc(C2CNCCO2)ccc1N1CCOCC1. The van der Waals surface area contributed by atoms with Crippen LogP contribution in [0.15, 0.2) is 18.2 Å². The molecule has 5 heteroatoms. The van der Waals surface area contributed by atoms with E-state index in [1.807, 2.05) is 17.0 Å². The van der Waals surface area contributed by atoms with Gasteiger partial charge in [0.1, 0.15) is 5.82 Å². The molecule has 2 fully saturated rings. The highest BCUT2D eigenvalue weighted by atomic mass is 19.1. The average molecular weight is 266 g/mol. The van der Waals surface area contributed by atoms with Crippen molar-refractivity contribution in [2.24, 2.45) is 0 Å². The third-order valence-electron chi connectivity index (χ3n) is 3.62. The summed E-state index contributed by atoms with van der Waals surface area (Å²) in [5.41, 5.74) is 1.57. The Labute approximate surface area is 112 Å². The number of anilines is 1. The number of nitrogens with one attached hydrogen (secondary N) is 1. The molecule has 0 aliphatic carbocycles. The van der Waals surface area contributed by atoms with Crippen molar-refractivity contribution < 1.29 is 13.9 Å². The fourth-order valence-electron chi connectivity index (χ4n) is 2.56. The summed E-state index contributed by atoms with van der Waals surface area (Å²) in [7, 11) is 0. The quantitative estimate of drug-likeness (QED) is 0.875. The maximum Gasteiger partial charge on any atom is 0.146 e.